The maximum Gasteiger partial charge on any atom is 0.273 e. The molecule has 4 N–H and O–H groups in total. The Kier molecular flexibility index (Phi) is 6.79. The van der Waals surface area contributed by atoms with Crippen molar-refractivity contribution in [2.45, 2.75) is 6.10 Å². The molecule has 0 radical (unpaired) electrons. The van der Waals surface area contributed by atoms with Gasteiger partial charge in [0, 0.05) is 24.7 Å². The fourth-order valence-corrected chi connectivity index (χ4v) is 2.30. The Morgan fingerprint density at radius 3 is 2.96 bits per heavy atom. The number of primary amides is 1. The van der Waals surface area contributed by atoms with Crippen molar-refractivity contribution in [3.63, 3.8) is 0 Å². The predicted octanol–water partition coefficient (Wildman–Crippen LogP) is 0.650. The van der Waals surface area contributed by atoms with Gasteiger partial charge < -0.3 is 25.6 Å². The zero-order chi connectivity index (χ0) is 16.5. The Balaban J connectivity index is 1.61. The molecule has 8 heteroatoms. The first kappa shape index (κ1) is 17.2. The van der Waals surface area contributed by atoms with E-state index in [2.05, 4.69) is 10.3 Å². The SMILES string of the molecule is NC(=O)c1ccccc1OCCNCC(O)COc1nccs1. The van der Waals surface area contributed by atoms with Gasteiger partial charge in [0.05, 0.1) is 5.56 Å². The Hall–Kier alpha value is -2.16. The van der Waals surface area contributed by atoms with Crippen molar-refractivity contribution in [1.82, 2.24) is 10.3 Å². The Labute approximate surface area is 138 Å². The van der Waals surface area contributed by atoms with Crippen LogP contribution >= 0.6 is 11.3 Å². The first-order valence-electron chi connectivity index (χ1n) is 7.09. The summed E-state index contributed by atoms with van der Waals surface area (Å²) in [6.07, 6.45) is 1.00. The van der Waals surface area contributed by atoms with Crippen molar-refractivity contribution < 1.29 is 19.4 Å². The second-order valence-electron chi connectivity index (χ2n) is 4.68. The highest BCUT2D eigenvalue weighted by molar-refractivity contribution is 7.11. The van der Waals surface area contributed by atoms with Gasteiger partial charge in [-0.25, -0.2) is 4.98 Å². The minimum Gasteiger partial charge on any atom is -0.491 e. The number of amides is 1. The van der Waals surface area contributed by atoms with Crippen molar-refractivity contribution in [1.29, 1.82) is 0 Å². The van der Waals surface area contributed by atoms with Gasteiger partial charge in [-0.15, -0.1) is 0 Å². The van der Waals surface area contributed by atoms with Crippen LogP contribution in [0.5, 0.6) is 10.9 Å². The average Bonchev–Trinajstić information content (AvgIpc) is 3.06. The number of nitrogens with two attached hydrogens (primary N) is 1. The van der Waals surface area contributed by atoms with Gasteiger partial charge >= 0.3 is 0 Å². The molecule has 0 aliphatic rings. The van der Waals surface area contributed by atoms with E-state index in [0.29, 0.717) is 36.2 Å². The molecule has 2 rings (SSSR count). The first-order chi connectivity index (χ1) is 11.2. The molecular formula is C15H19N3O4S. The van der Waals surface area contributed by atoms with E-state index in [9.17, 15) is 9.90 Å². The van der Waals surface area contributed by atoms with E-state index < -0.39 is 12.0 Å². The fourth-order valence-electron chi connectivity index (χ4n) is 1.81. The number of para-hydroxylation sites is 1. The molecule has 0 saturated carbocycles. The molecule has 1 aromatic carbocycles. The van der Waals surface area contributed by atoms with Crippen LogP contribution in [0.15, 0.2) is 35.8 Å². The van der Waals surface area contributed by atoms with Crippen LogP contribution in [0.3, 0.4) is 0 Å². The van der Waals surface area contributed by atoms with Gasteiger partial charge in [-0.05, 0) is 12.1 Å². The number of carbonyl (C=O) groups excluding carboxylic acids is 1. The molecule has 23 heavy (non-hydrogen) atoms. The summed E-state index contributed by atoms with van der Waals surface area (Å²) < 4.78 is 10.8. The van der Waals surface area contributed by atoms with Gasteiger partial charge in [0.2, 0.25) is 0 Å². The van der Waals surface area contributed by atoms with E-state index in [-0.39, 0.29) is 6.61 Å². The lowest BCUT2D eigenvalue weighted by molar-refractivity contribution is 0.0995. The largest absolute Gasteiger partial charge is 0.491 e. The number of ether oxygens (including phenoxy) is 2. The zero-order valence-electron chi connectivity index (χ0n) is 12.5. The van der Waals surface area contributed by atoms with E-state index in [0.717, 1.165) is 0 Å². The number of carbonyl (C=O) groups is 1. The minimum atomic E-state index is -0.642. The Bertz CT molecular complexity index is 607. The highest BCUT2D eigenvalue weighted by Gasteiger charge is 2.08. The van der Waals surface area contributed by atoms with E-state index in [1.54, 1.807) is 35.8 Å². The number of hydrogen-bond donors (Lipinski definition) is 3. The second kappa shape index (κ2) is 9.09. The summed E-state index contributed by atoms with van der Waals surface area (Å²) >= 11 is 1.38. The third kappa shape index (κ3) is 5.85. The van der Waals surface area contributed by atoms with Crippen molar-refractivity contribution in [2.24, 2.45) is 5.73 Å². The lowest BCUT2D eigenvalue weighted by atomic mass is 10.2. The number of aliphatic hydroxyl groups is 1. The Morgan fingerprint density at radius 2 is 2.22 bits per heavy atom. The minimum absolute atomic E-state index is 0.172. The summed E-state index contributed by atoms with van der Waals surface area (Å²) in [5, 5.41) is 15.2. The summed E-state index contributed by atoms with van der Waals surface area (Å²) in [5.41, 5.74) is 5.62. The molecule has 1 atom stereocenters. The van der Waals surface area contributed by atoms with Crippen molar-refractivity contribution >= 4 is 17.2 Å². The van der Waals surface area contributed by atoms with Gasteiger partial charge in [0.1, 0.15) is 25.1 Å². The fraction of sp³-hybridized carbons (Fsp3) is 0.333. The third-order valence-corrected chi connectivity index (χ3v) is 3.56. The maximum absolute atomic E-state index is 11.2. The number of nitrogens with one attached hydrogen (secondary N) is 1. The number of thiazole rings is 1. The summed E-state index contributed by atoms with van der Waals surface area (Å²) in [7, 11) is 0. The molecule has 1 unspecified atom stereocenters. The van der Waals surface area contributed by atoms with E-state index in [1.165, 1.54) is 11.3 Å². The molecule has 0 fully saturated rings. The highest BCUT2D eigenvalue weighted by atomic mass is 32.1. The molecule has 0 spiro atoms. The quantitative estimate of drug-likeness (QED) is 0.550. The number of benzene rings is 1. The monoisotopic (exact) mass is 337 g/mol. The van der Waals surface area contributed by atoms with Gasteiger partial charge in [0.15, 0.2) is 0 Å². The van der Waals surface area contributed by atoms with Gasteiger partial charge in [-0.3, -0.25) is 4.79 Å². The van der Waals surface area contributed by atoms with Crippen LogP contribution in [0.1, 0.15) is 10.4 Å². The van der Waals surface area contributed by atoms with Crippen LogP contribution in [-0.2, 0) is 0 Å². The summed E-state index contributed by atoms with van der Waals surface area (Å²) in [6.45, 7) is 1.41. The van der Waals surface area contributed by atoms with Crippen molar-refractivity contribution in [2.75, 3.05) is 26.3 Å². The summed E-state index contributed by atoms with van der Waals surface area (Å²) in [4.78, 5) is 15.2. The lowest BCUT2D eigenvalue weighted by Crippen LogP contribution is -2.33. The number of aromatic nitrogens is 1. The normalized spacial score (nSPS) is 11.9. The molecule has 7 nitrogen and oxygen atoms in total. The van der Waals surface area contributed by atoms with Crippen LogP contribution in [0, 0.1) is 0 Å². The third-order valence-electron chi connectivity index (χ3n) is 2.88. The van der Waals surface area contributed by atoms with E-state index >= 15 is 0 Å². The predicted molar refractivity (Wildman–Crippen MR) is 86.9 cm³/mol. The van der Waals surface area contributed by atoms with Gasteiger partial charge in [0.25, 0.3) is 11.1 Å². The molecular weight excluding hydrogens is 318 g/mol. The van der Waals surface area contributed by atoms with Crippen LogP contribution in [-0.4, -0.2) is 48.4 Å². The molecule has 1 heterocycles. The molecule has 2 aromatic rings. The van der Waals surface area contributed by atoms with Crippen molar-refractivity contribution in [3.8, 4) is 10.9 Å². The molecule has 124 valence electrons. The zero-order valence-corrected chi connectivity index (χ0v) is 13.3. The lowest BCUT2D eigenvalue weighted by Gasteiger charge is -2.13. The van der Waals surface area contributed by atoms with Gasteiger partial charge in [-0.1, -0.05) is 23.5 Å². The van der Waals surface area contributed by atoms with E-state index in [4.69, 9.17) is 15.2 Å². The first-order valence-corrected chi connectivity index (χ1v) is 7.97. The average molecular weight is 337 g/mol. The van der Waals surface area contributed by atoms with E-state index in [1.807, 2.05) is 0 Å². The maximum atomic E-state index is 11.2. The number of nitrogens with zero attached hydrogens (tertiary/aromatic N) is 1. The number of rotatable bonds is 10. The Morgan fingerprint density at radius 1 is 1.39 bits per heavy atom. The number of hydrogen-bond acceptors (Lipinski definition) is 7. The van der Waals surface area contributed by atoms with Crippen LogP contribution in [0.4, 0.5) is 0 Å². The molecule has 0 bridgehead atoms. The molecule has 0 saturated heterocycles. The van der Waals surface area contributed by atoms with Crippen LogP contribution in [0.2, 0.25) is 0 Å². The smallest absolute Gasteiger partial charge is 0.273 e. The molecule has 1 amide bonds. The highest BCUT2D eigenvalue weighted by Crippen LogP contribution is 2.16. The van der Waals surface area contributed by atoms with Crippen molar-refractivity contribution in [3.05, 3.63) is 41.4 Å². The summed E-state index contributed by atoms with van der Waals surface area (Å²) in [5.74, 6) is -0.0715. The van der Waals surface area contributed by atoms with Crippen LogP contribution < -0.4 is 20.5 Å². The molecule has 1 aromatic heterocycles. The van der Waals surface area contributed by atoms with Crippen LogP contribution in [0.25, 0.3) is 0 Å². The van der Waals surface area contributed by atoms with Gasteiger partial charge in [-0.2, -0.15) is 0 Å². The molecule has 0 aliphatic carbocycles. The molecule has 0 aliphatic heterocycles. The second-order valence-corrected chi connectivity index (χ2v) is 5.53. The topological polar surface area (TPSA) is 107 Å². The standard InChI is InChI=1S/C15H19N3O4S/c16-14(20)12-3-1-2-4-13(12)21-7-5-17-9-11(19)10-22-15-18-6-8-23-15/h1-4,6,8,11,17,19H,5,7,9-10H2,(H2,16,20). The number of aliphatic hydroxyl groups excluding tert-OH is 1. The summed E-state index contributed by atoms with van der Waals surface area (Å²) in [6, 6.07) is 6.81.